The van der Waals surface area contributed by atoms with Crippen molar-refractivity contribution in [3.8, 4) is 5.75 Å². The Morgan fingerprint density at radius 2 is 1.96 bits per heavy atom. The number of nitrogens with zero attached hydrogens (tertiary/aromatic N) is 2. The number of ether oxygens (including phenoxy) is 1. The lowest BCUT2D eigenvalue weighted by Crippen LogP contribution is -2.25. The van der Waals surface area contributed by atoms with E-state index in [4.69, 9.17) is 16.3 Å². The van der Waals surface area contributed by atoms with Gasteiger partial charge in [0.1, 0.15) is 12.4 Å². The first-order valence-electron chi connectivity index (χ1n) is 9.26. The zero-order valence-electron chi connectivity index (χ0n) is 16.1. The molecule has 1 amide bonds. The summed E-state index contributed by atoms with van der Waals surface area (Å²) >= 11 is 6.02. The zero-order chi connectivity index (χ0) is 19.9. The Labute approximate surface area is 170 Å². The van der Waals surface area contributed by atoms with Gasteiger partial charge in [-0.25, -0.2) is 0 Å². The summed E-state index contributed by atoms with van der Waals surface area (Å²) < 4.78 is 7.67. The molecule has 0 saturated heterocycles. The molecule has 3 rings (SSSR count). The molecule has 0 radical (unpaired) electrons. The van der Waals surface area contributed by atoms with Gasteiger partial charge in [0.15, 0.2) is 0 Å². The van der Waals surface area contributed by atoms with Crippen LogP contribution in [-0.4, -0.2) is 22.2 Å². The molecule has 0 atom stereocenters. The van der Waals surface area contributed by atoms with Gasteiger partial charge >= 0.3 is 0 Å². The molecule has 5 nitrogen and oxygen atoms in total. The third-order valence-corrected chi connectivity index (χ3v) is 4.79. The van der Waals surface area contributed by atoms with E-state index in [-0.39, 0.29) is 5.91 Å². The van der Waals surface area contributed by atoms with Crippen molar-refractivity contribution in [3.05, 3.63) is 82.1 Å². The van der Waals surface area contributed by atoms with Crippen molar-refractivity contribution in [1.82, 2.24) is 15.1 Å². The second-order valence-corrected chi connectivity index (χ2v) is 7.19. The van der Waals surface area contributed by atoms with E-state index in [0.29, 0.717) is 18.7 Å². The Morgan fingerprint density at radius 1 is 1.18 bits per heavy atom. The molecular formula is C22H24ClN3O2. The monoisotopic (exact) mass is 397 g/mol. The number of aryl methyl sites for hydroxylation is 3. The number of halogens is 1. The SMILES string of the molecule is Cc1cnn(CCCNC(=O)c2ccc(COc3ccc(Cl)c(C)c3)cc2)c1. The van der Waals surface area contributed by atoms with E-state index in [9.17, 15) is 4.79 Å². The van der Waals surface area contributed by atoms with Gasteiger partial charge in [0.05, 0.1) is 6.20 Å². The van der Waals surface area contributed by atoms with Gasteiger partial charge in [-0.3, -0.25) is 9.48 Å². The summed E-state index contributed by atoms with van der Waals surface area (Å²) in [6.45, 7) is 5.79. The van der Waals surface area contributed by atoms with Gasteiger partial charge in [0.2, 0.25) is 0 Å². The largest absolute Gasteiger partial charge is 0.489 e. The molecule has 0 aliphatic rings. The maximum absolute atomic E-state index is 12.2. The molecule has 0 bridgehead atoms. The average Bonchev–Trinajstić information content (AvgIpc) is 3.11. The van der Waals surface area contributed by atoms with Crippen molar-refractivity contribution in [1.29, 1.82) is 0 Å². The zero-order valence-corrected chi connectivity index (χ0v) is 16.9. The number of hydrogen-bond donors (Lipinski definition) is 1. The summed E-state index contributed by atoms with van der Waals surface area (Å²) in [6.07, 6.45) is 4.66. The first kappa shape index (κ1) is 20.0. The molecule has 0 fully saturated rings. The van der Waals surface area contributed by atoms with E-state index >= 15 is 0 Å². The Hall–Kier alpha value is -2.79. The van der Waals surface area contributed by atoms with Crippen LogP contribution in [0.2, 0.25) is 5.02 Å². The highest BCUT2D eigenvalue weighted by atomic mass is 35.5. The van der Waals surface area contributed by atoms with Crippen LogP contribution < -0.4 is 10.1 Å². The second-order valence-electron chi connectivity index (χ2n) is 6.79. The summed E-state index contributed by atoms with van der Waals surface area (Å²) in [7, 11) is 0. The Kier molecular flexibility index (Phi) is 6.71. The fourth-order valence-corrected chi connectivity index (χ4v) is 2.88. The molecule has 28 heavy (non-hydrogen) atoms. The van der Waals surface area contributed by atoms with E-state index < -0.39 is 0 Å². The summed E-state index contributed by atoms with van der Waals surface area (Å²) in [6, 6.07) is 13.0. The quantitative estimate of drug-likeness (QED) is 0.567. The van der Waals surface area contributed by atoms with Crippen LogP contribution in [0, 0.1) is 13.8 Å². The van der Waals surface area contributed by atoms with Crippen molar-refractivity contribution in [2.75, 3.05) is 6.54 Å². The molecular weight excluding hydrogens is 374 g/mol. The first-order chi connectivity index (χ1) is 13.5. The number of aromatic nitrogens is 2. The Morgan fingerprint density at radius 3 is 2.64 bits per heavy atom. The summed E-state index contributed by atoms with van der Waals surface area (Å²) in [5, 5.41) is 7.90. The van der Waals surface area contributed by atoms with Gasteiger partial charge in [-0.15, -0.1) is 0 Å². The fraction of sp³-hybridized carbons (Fsp3) is 0.273. The van der Waals surface area contributed by atoms with Crippen LogP contribution in [0.5, 0.6) is 5.75 Å². The smallest absolute Gasteiger partial charge is 0.251 e. The van der Waals surface area contributed by atoms with E-state index in [2.05, 4.69) is 10.4 Å². The van der Waals surface area contributed by atoms with Gasteiger partial charge in [0, 0.05) is 29.9 Å². The Balaban J connectivity index is 1.43. The molecule has 6 heteroatoms. The molecule has 2 aromatic carbocycles. The van der Waals surface area contributed by atoms with Gasteiger partial charge in [-0.1, -0.05) is 23.7 Å². The molecule has 1 heterocycles. The second kappa shape index (κ2) is 9.42. The van der Waals surface area contributed by atoms with Crippen LogP contribution in [-0.2, 0) is 13.2 Å². The number of carbonyl (C=O) groups is 1. The van der Waals surface area contributed by atoms with Gasteiger partial charge in [-0.05, 0) is 67.3 Å². The van der Waals surface area contributed by atoms with E-state index in [1.165, 1.54) is 0 Å². The number of rotatable bonds is 8. The predicted octanol–water partition coefficient (Wildman–Crippen LogP) is 4.55. The summed E-state index contributed by atoms with van der Waals surface area (Å²) in [5.74, 6) is 0.702. The van der Waals surface area contributed by atoms with E-state index in [1.54, 1.807) is 0 Å². The van der Waals surface area contributed by atoms with Crippen molar-refractivity contribution in [3.63, 3.8) is 0 Å². The predicted molar refractivity (Wildman–Crippen MR) is 111 cm³/mol. The van der Waals surface area contributed by atoms with Crippen LogP contribution in [0.4, 0.5) is 0 Å². The molecule has 0 spiro atoms. The minimum absolute atomic E-state index is 0.0718. The van der Waals surface area contributed by atoms with E-state index in [0.717, 1.165) is 40.4 Å². The lowest BCUT2D eigenvalue weighted by atomic mass is 10.1. The highest BCUT2D eigenvalue weighted by Crippen LogP contribution is 2.21. The fourth-order valence-electron chi connectivity index (χ4n) is 2.76. The number of carbonyl (C=O) groups excluding carboxylic acids is 1. The van der Waals surface area contributed by atoms with Crippen LogP contribution in [0.15, 0.2) is 54.9 Å². The van der Waals surface area contributed by atoms with Crippen molar-refractivity contribution in [2.24, 2.45) is 0 Å². The van der Waals surface area contributed by atoms with Crippen molar-refractivity contribution >= 4 is 17.5 Å². The average molecular weight is 398 g/mol. The third kappa shape index (κ3) is 5.60. The van der Waals surface area contributed by atoms with E-state index in [1.807, 2.05) is 73.4 Å². The van der Waals surface area contributed by atoms with Crippen LogP contribution in [0.25, 0.3) is 0 Å². The molecule has 146 valence electrons. The third-order valence-electron chi connectivity index (χ3n) is 4.36. The van der Waals surface area contributed by atoms with Crippen molar-refractivity contribution in [2.45, 2.75) is 33.4 Å². The number of hydrogen-bond acceptors (Lipinski definition) is 3. The van der Waals surface area contributed by atoms with Crippen LogP contribution >= 0.6 is 11.6 Å². The number of benzene rings is 2. The van der Waals surface area contributed by atoms with Gasteiger partial charge in [0.25, 0.3) is 5.91 Å². The maximum atomic E-state index is 12.2. The van der Waals surface area contributed by atoms with Crippen LogP contribution in [0.3, 0.4) is 0 Å². The summed E-state index contributed by atoms with van der Waals surface area (Å²) in [4.78, 5) is 12.2. The molecule has 0 aliphatic heterocycles. The normalized spacial score (nSPS) is 10.7. The molecule has 3 aromatic rings. The standard InChI is InChI=1S/C22H24ClN3O2/c1-16-13-25-26(14-16)11-3-10-24-22(27)19-6-4-18(5-7-19)15-28-20-8-9-21(23)17(2)12-20/h4-9,12-14H,3,10-11,15H2,1-2H3,(H,24,27). The van der Waals surface area contributed by atoms with Gasteiger partial charge in [-0.2, -0.15) is 5.10 Å². The lowest BCUT2D eigenvalue weighted by Gasteiger charge is -2.09. The molecule has 1 N–H and O–H groups in total. The first-order valence-corrected chi connectivity index (χ1v) is 9.64. The molecule has 0 aliphatic carbocycles. The highest BCUT2D eigenvalue weighted by Gasteiger charge is 2.06. The summed E-state index contributed by atoms with van der Waals surface area (Å²) in [5.41, 5.74) is 3.76. The minimum atomic E-state index is -0.0718. The Bertz CT molecular complexity index is 935. The molecule has 0 saturated carbocycles. The highest BCUT2D eigenvalue weighted by molar-refractivity contribution is 6.31. The van der Waals surface area contributed by atoms with Gasteiger partial charge < -0.3 is 10.1 Å². The van der Waals surface area contributed by atoms with Crippen LogP contribution in [0.1, 0.15) is 33.5 Å². The lowest BCUT2D eigenvalue weighted by molar-refractivity contribution is 0.0952. The minimum Gasteiger partial charge on any atom is -0.489 e. The number of amides is 1. The topological polar surface area (TPSA) is 56.2 Å². The number of nitrogens with one attached hydrogen (secondary N) is 1. The van der Waals surface area contributed by atoms with Crippen molar-refractivity contribution < 1.29 is 9.53 Å². The maximum Gasteiger partial charge on any atom is 0.251 e. The molecule has 1 aromatic heterocycles. The molecule has 0 unspecified atom stereocenters.